The molecule has 0 spiro atoms. The van der Waals surface area contributed by atoms with Crippen LogP contribution in [0.5, 0.6) is 0 Å². The second-order valence-electron chi connectivity index (χ2n) is 4.65. The van der Waals surface area contributed by atoms with Crippen molar-refractivity contribution >= 4 is 5.69 Å². The third kappa shape index (κ3) is 2.53. The van der Waals surface area contributed by atoms with Gasteiger partial charge in [-0.15, -0.1) is 0 Å². The van der Waals surface area contributed by atoms with E-state index in [0.29, 0.717) is 0 Å². The Labute approximate surface area is 96.2 Å². The number of anilines is 1. The van der Waals surface area contributed by atoms with Crippen molar-refractivity contribution in [1.82, 2.24) is 0 Å². The molecule has 0 bridgehead atoms. The van der Waals surface area contributed by atoms with E-state index >= 15 is 0 Å². The zero-order valence-corrected chi connectivity index (χ0v) is 9.75. The third-order valence-electron chi connectivity index (χ3n) is 3.04. The van der Waals surface area contributed by atoms with Crippen LogP contribution in [0.25, 0.3) is 0 Å². The fraction of sp³-hybridized carbons (Fsp3) is 0.538. The van der Waals surface area contributed by atoms with E-state index in [1.165, 1.54) is 24.5 Å². The van der Waals surface area contributed by atoms with Gasteiger partial charge in [0, 0.05) is 24.8 Å². The van der Waals surface area contributed by atoms with Gasteiger partial charge in [0.15, 0.2) is 0 Å². The van der Waals surface area contributed by atoms with Gasteiger partial charge in [-0.05, 0) is 43.9 Å². The summed E-state index contributed by atoms with van der Waals surface area (Å²) in [6.07, 6.45) is 3.22. The molecule has 88 valence electrons. The standard InChI is InChI=1S/C13H19FN2/c1-10(15)8-11-4-5-12(14)9-13(11)16-6-2-3-7-16/h4-5,9-10H,2-3,6-8,15H2,1H3. The maximum Gasteiger partial charge on any atom is 0.125 e. The Bertz CT molecular complexity index is 357. The average Bonchev–Trinajstić information content (AvgIpc) is 2.73. The van der Waals surface area contributed by atoms with Crippen LogP contribution in [0, 0.1) is 5.82 Å². The predicted octanol–water partition coefficient (Wildman–Crippen LogP) is 2.32. The summed E-state index contributed by atoms with van der Waals surface area (Å²) in [7, 11) is 0. The highest BCUT2D eigenvalue weighted by atomic mass is 19.1. The van der Waals surface area contributed by atoms with Crippen LogP contribution < -0.4 is 10.6 Å². The van der Waals surface area contributed by atoms with E-state index < -0.39 is 0 Å². The van der Waals surface area contributed by atoms with Crippen LogP contribution in [-0.4, -0.2) is 19.1 Å². The zero-order chi connectivity index (χ0) is 11.5. The van der Waals surface area contributed by atoms with E-state index in [9.17, 15) is 4.39 Å². The Balaban J connectivity index is 2.28. The lowest BCUT2D eigenvalue weighted by Gasteiger charge is -2.22. The molecule has 0 aliphatic carbocycles. The molecular weight excluding hydrogens is 203 g/mol. The Morgan fingerprint density at radius 2 is 2.06 bits per heavy atom. The van der Waals surface area contributed by atoms with Crippen molar-refractivity contribution in [2.45, 2.75) is 32.2 Å². The van der Waals surface area contributed by atoms with Crippen molar-refractivity contribution < 1.29 is 4.39 Å². The first-order chi connectivity index (χ1) is 7.66. The molecule has 1 unspecified atom stereocenters. The van der Waals surface area contributed by atoms with E-state index in [1.54, 1.807) is 6.07 Å². The van der Waals surface area contributed by atoms with Gasteiger partial charge >= 0.3 is 0 Å². The summed E-state index contributed by atoms with van der Waals surface area (Å²) in [5.74, 6) is -0.157. The lowest BCUT2D eigenvalue weighted by Crippen LogP contribution is -2.23. The summed E-state index contributed by atoms with van der Waals surface area (Å²) in [6, 6.07) is 5.15. The number of rotatable bonds is 3. The molecule has 0 amide bonds. The predicted molar refractivity (Wildman–Crippen MR) is 65.2 cm³/mol. The maximum absolute atomic E-state index is 13.3. The zero-order valence-electron chi connectivity index (χ0n) is 9.75. The molecule has 1 saturated heterocycles. The quantitative estimate of drug-likeness (QED) is 0.850. The molecule has 1 fully saturated rings. The van der Waals surface area contributed by atoms with Gasteiger partial charge in [-0.25, -0.2) is 4.39 Å². The van der Waals surface area contributed by atoms with Gasteiger partial charge in [0.1, 0.15) is 5.82 Å². The first-order valence-corrected chi connectivity index (χ1v) is 5.96. The van der Waals surface area contributed by atoms with Crippen molar-refractivity contribution in [2.75, 3.05) is 18.0 Å². The highest BCUT2D eigenvalue weighted by Crippen LogP contribution is 2.26. The maximum atomic E-state index is 13.3. The lowest BCUT2D eigenvalue weighted by molar-refractivity contribution is 0.625. The number of hydrogen-bond acceptors (Lipinski definition) is 2. The molecular formula is C13H19FN2. The van der Waals surface area contributed by atoms with E-state index in [4.69, 9.17) is 5.73 Å². The van der Waals surface area contributed by atoms with Gasteiger partial charge in [-0.1, -0.05) is 6.07 Å². The second-order valence-corrected chi connectivity index (χ2v) is 4.65. The normalized spacial score (nSPS) is 17.8. The van der Waals surface area contributed by atoms with E-state index in [-0.39, 0.29) is 11.9 Å². The first kappa shape index (κ1) is 11.4. The highest BCUT2D eigenvalue weighted by Gasteiger charge is 2.16. The van der Waals surface area contributed by atoms with Gasteiger partial charge in [-0.3, -0.25) is 0 Å². The number of halogens is 1. The summed E-state index contributed by atoms with van der Waals surface area (Å²) >= 11 is 0. The molecule has 1 aliphatic rings. The molecule has 1 aromatic carbocycles. The molecule has 1 heterocycles. The molecule has 2 N–H and O–H groups in total. The number of nitrogens with zero attached hydrogens (tertiary/aromatic N) is 1. The minimum absolute atomic E-state index is 0.117. The Kier molecular flexibility index (Phi) is 3.44. The van der Waals surface area contributed by atoms with Crippen LogP contribution in [0.3, 0.4) is 0 Å². The fourth-order valence-corrected chi connectivity index (χ4v) is 2.31. The van der Waals surface area contributed by atoms with Crippen LogP contribution in [-0.2, 0) is 6.42 Å². The summed E-state index contributed by atoms with van der Waals surface area (Å²) in [4.78, 5) is 2.26. The molecule has 3 heteroatoms. The van der Waals surface area contributed by atoms with Crippen molar-refractivity contribution in [2.24, 2.45) is 5.73 Å². The largest absolute Gasteiger partial charge is 0.371 e. The van der Waals surface area contributed by atoms with Gasteiger partial charge < -0.3 is 10.6 Å². The molecule has 2 rings (SSSR count). The fourth-order valence-electron chi connectivity index (χ4n) is 2.31. The monoisotopic (exact) mass is 222 g/mol. The average molecular weight is 222 g/mol. The van der Waals surface area contributed by atoms with Crippen molar-refractivity contribution in [3.8, 4) is 0 Å². The first-order valence-electron chi connectivity index (χ1n) is 5.96. The van der Waals surface area contributed by atoms with Crippen LogP contribution in [0.2, 0.25) is 0 Å². The van der Waals surface area contributed by atoms with Crippen LogP contribution >= 0.6 is 0 Å². The van der Waals surface area contributed by atoms with Crippen LogP contribution in [0.1, 0.15) is 25.3 Å². The molecule has 0 radical (unpaired) electrons. The number of nitrogens with two attached hydrogens (primary N) is 1. The van der Waals surface area contributed by atoms with Crippen molar-refractivity contribution in [1.29, 1.82) is 0 Å². The number of hydrogen-bond donors (Lipinski definition) is 1. The van der Waals surface area contributed by atoms with Crippen molar-refractivity contribution in [3.63, 3.8) is 0 Å². The molecule has 16 heavy (non-hydrogen) atoms. The van der Waals surface area contributed by atoms with Gasteiger partial charge in [0.2, 0.25) is 0 Å². The van der Waals surface area contributed by atoms with E-state index in [1.807, 2.05) is 13.0 Å². The van der Waals surface area contributed by atoms with Crippen LogP contribution in [0.4, 0.5) is 10.1 Å². The van der Waals surface area contributed by atoms with Gasteiger partial charge in [0.05, 0.1) is 0 Å². The van der Waals surface area contributed by atoms with Crippen LogP contribution in [0.15, 0.2) is 18.2 Å². The molecule has 2 nitrogen and oxygen atoms in total. The summed E-state index contributed by atoms with van der Waals surface area (Å²) < 4.78 is 13.3. The minimum atomic E-state index is -0.157. The Morgan fingerprint density at radius 3 is 2.69 bits per heavy atom. The van der Waals surface area contributed by atoms with E-state index in [0.717, 1.165) is 25.2 Å². The van der Waals surface area contributed by atoms with Gasteiger partial charge in [0.25, 0.3) is 0 Å². The smallest absolute Gasteiger partial charge is 0.125 e. The SMILES string of the molecule is CC(N)Cc1ccc(F)cc1N1CCCC1. The third-order valence-corrected chi connectivity index (χ3v) is 3.04. The topological polar surface area (TPSA) is 29.3 Å². The molecule has 1 atom stereocenters. The highest BCUT2D eigenvalue weighted by molar-refractivity contribution is 5.54. The second kappa shape index (κ2) is 4.83. The lowest BCUT2D eigenvalue weighted by atomic mass is 10.0. The summed E-state index contributed by atoms with van der Waals surface area (Å²) in [5, 5.41) is 0. The Morgan fingerprint density at radius 1 is 1.38 bits per heavy atom. The van der Waals surface area contributed by atoms with E-state index in [2.05, 4.69) is 4.90 Å². The Hall–Kier alpha value is -1.09. The molecule has 0 saturated carbocycles. The summed E-state index contributed by atoms with van der Waals surface area (Å²) in [6.45, 7) is 4.06. The minimum Gasteiger partial charge on any atom is -0.371 e. The van der Waals surface area contributed by atoms with Gasteiger partial charge in [-0.2, -0.15) is 0 Å². The molecule has 1 aliphatic heterocycles. The molecule has 1 aromatic rings. The molecule has 0 aromatic heterocycles. The van der Waals surface area contributed by atoms with Crippen molar-refractivity contribution in [3.05, 3.63) is 29.6 Å². The number of benzene rings is 1. The summed E-state index contributed by atoms with van der Waals surface area (Å²) in [5.41, 5.74) is 8.02.